The van der Waals surface area contributed by atoms with Gasteiger partial charge in [-0.25, -0.2) is 0 Å². The molecular weight excluding hydrogens is 264 g/mol. The lowest BCUT2D eigenvalue weighted by Crippen LogP contribution is -2.13. The van der Waals surface area contributed by atoms with Gasteiger partial charge in [0, 0.05) is 4.88 Å². The van der Waals surface area contributed by atoms with E-state index in [0.29, 0.717) is 11.3 Å². The van der Waals surface area contributed by atoms with Crippen molar-refractivity contribution >= 4 is 17.3 Å². The van der Waals surface area contributed by atoms with Gasteiger partial charge in [-0.1, -0.05) is 18.2 Å². The van der Waals surface area contributed by atoms with E-state index in [1.165, 1.54) is 18.4 Å². The Balaban J connectivity index is 2.30. The lowest BCUT2D eigenvalue weighted by Gasteiger charge is -2.13. The van der Waals surface area contributed by atoms with Crippen LogP contribution in [0.4, 0.5) is 0 Å². The largest absolute Gasteiger partial charge is 0.504 e. The smallest absolute Gasteiger partial charge is 0.312 e. The third-order valence-corrected chi connectivity index (χ3v) is 3.90. The number of hydrogen-bond donors (Lipinski definition) is 2. The fraction of sp³-hybridized carbons (Fsp3) is 0.214. The van der Waals surface area contributed by atoms with Gasteiger partial charge in [0.2, 0.25) is 0 Å². The molecule has 0 bridgehead atoms. The Morgan fingerprint density at radius 2 is 2.16 bits per heavy atom. The van der Waals surface area contributed by atoms with Gasteiger partial charge < -0.3 is 14.9 Å². The predicted molar refractivity (Wildman–Crippen MR) is 73.1 cm³/mol. The molecule has 2 aromatic rings. The van der Waals surface area contributed by atoms with Crippen molar-refractivity contribution in [2.45, 2.75) is 12.3 Å². The van der Waals surface area contributed by atoms with E-state index in [-0.39, 0.29) is 12.2 Å². The van der Waals surface area contributed by atoms with Gasteiger partial charge in [0.05, 0.1) is 13.0 Å². The number of hydrogen-bond acceptors (Lipinski definition) is 4. The number of carboxylic acid groups (broad SMARTS) is 1. The Labute approximate surface area is 114 Å². The molecule has 100 valence electrons. The van der Waals surface area contributed by atoms with Gasteiger partial charge in [0.25, 0.3) is 0 Å². The van der Waals surface area contributed by atoms with Crippen molar-refractivity contribution in [3.05, 3.63) is 46.2 Å². The molecule has 0 aliphatic rings. The Morgan fingerprint density at radius 3 is 2.74 bits per heavy atom. The second kappa shape index (κ2) is 5.75. The van der Waals surface area contributed by atoms with Crippen molar-refractivity contribution in [1.29, 1.82) is 0 Å². The Hall–Kier alpha value is -2.01. The zero-order chi connectivity index (χ0) is 13.8. The van der Waals surface area contributed by atoms with Crippen LogP contribution in [0.25, 0.3) is 0 Å². The highest BCUT2D eigenvalue weighted by molar-refractivity contribution is 7.10. The van der Waals surface area contributed by atoms with Crippen LogP contribution in [0.1, 0.15) is 16.4 Å². The summed E-state index contributed by atoms with van der Waals surface area (Å²) >= 11 is 1.40. The summed E-state index contributed by atoms with van der Waals surface area (Å²) in [6, 6.07) is 8.70. The van der Waals surface area contributed by atoms with Crippen molar-refractivity contribution in [2.75, 3.05) is 7.11 Å². The fourth-order valence-corrected chi connectivity index (χ4v) is 2.74. The van der Waals surface area contributed by atoms with Crippen molar-refractivity contribution in [1.82, 2.24) is 0 Å². The first-order valence-corrected chi connectivity index (χ1v) is 6.62. The topological polar surface area (TPSA) is 66.8 Å². The molecule has 2 N–H and O–H groups in total. The number of phenolic OH excluding ortho intramolecular Hbond substituents is 1. The van der Waals surface area contributed by atoms with Crippen LogP contribution in [0.2, 0.25) is 0 Å². The molecule has 0 aliphatic carbocycles. The maximum atomic E-state index is 11.4. The van der Waals surface area contributed by atoms with Gasteiger partial charge in [-0.05, 0) is 29.5 Å². The fourth-order valence-electron chi connectivity index (χ4n) is 1.92. The lowest BCUT2D eigenvalue weighted by molar-refractivity contribution is -0.138. The molecule has 19 heavy (non-hydrogen) atoms. The lowest BCUT2D eigenvalue weighted by atomic mass is 9.97. The molecule has 0 aliphatic heterocycles. The zero-order valence-corrected chi connectivity index (χ0v) is 11.2. The highest BCUT2D eigenvalue weighted by Crippen LogP contribution is 2.34. The van der Waals surface area contributed by atoms with Gasteiger partial charge in [-0.2, -0.15) is 0 Å². The molecule has 1 aromatic carbocycles. The van der Waals surface area contributed by atoms with Crippen molar-refractivity contribution < 1.29 is 19.7 Å². The summed E-state index contributed by atoms with van der Waals surface area (Å²) in [5, 5.41) is 21.2. The molecule has 0 radical (unpaired) electrons. The minimum atomic E-state index is -0.898. The van der Waals surface area contributed by atoms with E-state index in [0.717, 1.165) is 4.88 Å². The van der Waals surface area contributed by atoms with Crippen LogP contribution >= 0.6 is 11.3 Å². The summed E-state index contributed by atoms with van der Waals surface area (Å²) in [5.74, 6) is -1.19. The molecule has 0 amide bonds. The van der Waals surface area contributed by atoms with E-state index >= 15 is 0 Å². The van der Waals surface area contributed by atoms with E-state index in [9.17, 15) is 15.0 Å². The molecule has 2 rings (SSSR count). The molecule has 1 aromatic heterocycles. The van der Waals surface area contributed by atoms with Gasteiger partial charge >= 0.3 is 5.97 Å². The number of aliphatic carboxylic acids is 1. The van der Waals surface area contributed by atoms with Crippen LogP contribution in [0.15, 0.2) is 35.7 Å². The van der Waals surface area contributed by atoms with Crippen LogP contribution in [-0.2, 0) is 11.2 Å². The maximum Gasteiger partial charge on any atom is 0.312 e. The molecular formula is C14H14O4S. The zero-order valence-electron chi connectivity index (χ0n) is 10.4. The SMILES string of the molecule is COc1cccc(CC(C(=O)O)c2cccs2)c1O. The quantitative estimate of drug-likeness (QED) is 0.882. The van der Waals surface area contributed by atoms with Crippen LogP contribution in [0.3, 0.4) is 0 Å². The standard InChI is InChI=1S/C14H14O4S/c1-18-11-5-2-4-9(13(11)15)8-10(14(16)17)12-6-3-7-19-12/h2-7,10,15H,8H2,1H3,(H,16,17). The molecule has 1 heterocycles. The van der Waals surface area contributed by atoms with E-state index in [4.69, 9.17) is 4.74 Å². The van der Waals surface area contributed by atoms with E-state index in [1.54, 1.807) is 24.3 Å². The highest BCUT2D eigenvalue weighted by atomic mass is 32.1. The van der Waals surface area contributed by atoms with Gasteiger partial charge in [-0.15, -0.1) is 11.3 Å². The molecule has 0 fully saturated rings. The molecule has 1 unspecified atom stereocenters. The summed E-state index contributed by atoms with van der Waals surface area (Å²) in [6.07, 6.45) is 0.235. The van der Waals surface area contributed by atoms with Gasteiger partial charge in [0.1, 0.15) is 0 Å². The summed E-state index contributed by atoms with van der Waals surface area (Å²) in [5.41, 5.74) is 0.570. The number of methoxy groups -OCH3 is 1. The van der Waals surface area contributed by atoms with Crippen molar-refractivity contribution in [2.24, 2.45) is 0 Å². The van der Waals surface area contributed by atoms with Gasteiger partial charge in [-0.3, -0.25) is 4.79 Å². The first-order valence-electron chi connectivity index (χ1n) is 5.74. The Morgan fingerprint density at radius 1 is 1.37 bits per heavy atom. The summed E-state index contributed by atoms with van der Waals surface area (Å²) in [7, 11) is 1.47. The minimum absolute atomic E-state index is 0.00723. The molecule has 5 heteroatoms. The first-order chi connectivity index (χ1) is 9.13. The van der Waals surface area contributed by atoms with Crippen LogP contribution in [-0.4, -0.2) is 23.3 Å². The number of carbonyl (C=O) groups is 1. The number of benzene rings is 1. The van der Waals surface area contributed by atoms with Crippen LogP contribution in [0, 0.1) is 0 Å². The monoisotopic (exact) mass is 278 g/mol. The molecule has 0 saturated heterocycles. The second-order valence-electron chi connectivity index (χ2n) is 4.08. The molecule has 1 atom stereocenters. The molecule has 0 saturated carbocycles. The van der Waals surface area contributed by atoms with E-state index in [1.807, 2.05) is 11.4 Å². The number of aromatic hydroxyl groups is 1. The number of ether oxygens (including phenoxy) is 1. The average molecular weight is 278 g/mol. The minimum Gasteiger partial charge on any atom is -0.504 e. The summed E-state index contributed by atoms with van der Waals surface area (Å²) in [4.78, 5) is 12.1. The van der Waals surface area contributed by atoms with E-state index in [2.05, 4.69) is 0 Å². The number of carboxylic acids is 1. The van der Waals surface area contributed by atoms with Crippen LogP contribution < -0.4 is 4.74 Å². The number of phenols is 1. The molecule has 0 spiro atoms. The number of para-hydroxylation sites is 1. The average Bonchev–Trinajstić information content (AvgIpc) is 2.90. The predicted octanol–water partition coefficient (Wildman–Crippen LogP) is 2.87. The van der Waals surface area contributed by atoms with E-state index < -0.39 is 11.9 Å². The van der Waals surface area contributed by atoms with Crippen molar-refractivity contribution in [3.8, 4) is 11.5 Å². The third-order valence-electron chi connectivity index (χ3n) is 2.91. The number of rotatable bonds is 5. The summed E-state index contributed by atoms with van der Waals surface area (Å²) < 4.78 is 5.02. The van der Waals surface area contributed by atoms with Gasteiger partial charge in [0.15, 0.2) is 11.5 Å². The number of thiophene rings is 1. The Bertz CT molecular complexity index is 563. The highest BCUT2D eigenvalue weighted by Gasteiger charge is 2.23. The second-order valence-corrected chi connectivity index (χ2v) is 5.06. The Kier molecular flexibility index (Phi) is 4.06. The van der Waals surface area contributed by atoms with Crippen molar-refractivity contribution in [3.63, 3.8) is 0 Å². The first kappa shape index (κ1) is 13.4. The summed E-state index contributed by atoms with van der Waals surface area (Å²) in [6.45, 7) is 0. The third kappa shape index (κ3) is 2.88. The molecule has 4 nitrogen and oxygen atoms in total. The van der Waals surface area contributed by atoms with Crippen LogP contribution in [0.5, 0.6) is 11.5 Å². The maximum absolute atomic E-state index is 11.4. The normalized spacial score (nSPS) is 12.1.